The molecule has 2 rings (SSSR count). The molecule has 1 heterocycles. The van der Waals surface area contributed by atoms with Crippen molar-refractivity contribution in [3.63, 3.8) is 0 Å². The third-order valence-electron chi connectivity index (χ3n) is 4.15. The number of nitrogens with one attached hydrogen (secondary N) is 1. The fourth-order valence-electron chi connectivity index (χ4n) is 2.69. The van der Waals surface area contributed by atoms with Gasteiger partial charge in [-0.2, -0.15) is 0 Å². The molecule has 1 N–H and O–H groups in total. The second-order valence-electron chi connectivity index (χ2n) is 6.11. The molecule has 1 fully saturated rings. The van der Waals surface area contributed by atoms with Crippen LogP contribution in [0.2, 0.25) is 0 Å². The van der Waals surface area contributed by atoms with Crippen molar-refractivity contribution < 1.29 is 13.2 Å². The first-order chi connectivity index (χ1) is 10.3. The summed E-state index contributed by atoms with van der Waals surface area (Å²) in [5, 5.41) is 0. The predicted octanol–water partition coefficient (Wildman–Crippen LogP) is 2.04. The van der Waals surface area contributed by atoms with E-state index in [1.165, 1.54) is 19.1 Å². The quantitative estimate of drug-likeness (QED) is 0.842. The van der Waals surface area contributed by atoms with Crippen LogP contribution < -0.4 is 4.72 Å². The van der Waals surface area contributed by atoms with Crippen molar-refractivity contribution in [2.75, 3.05) is 13.1 Å². The van der Waals surface area contributed by atoms with Crippen LogP contribution in [-0.4, -0.2) is 44.3 Å². The van der Waals surface area contributed by atoms with Gasteiger partial charge in [0.25, 0.3) is 0 Å². The summed E-state index contributed by atoms with van der Waals surface area (Å²) in [6, 6.07) is 6.56. The maximum Gasteiger partial charge on any atom is 0.240 e. The van der Waals surface area contributed by atoms with Crippen LogP contribution in [0, 0.1) is 0 Å². The lowest BCUT2D eigenvalue weighted by Gasteiger charge is -2.34. The van der Waals surface area contributed by atoms with Crippen LogP contribution in [-0.2, 0) is 10.0 Å². The maximum atomic E-state index is 12.4. The summed E-state index contributed by atoms with van der Waals surface area (Å²) in [5.74, 6) is -0.0713. The fraction of sp³-hybridized carbons (Fsp3) is 0.562. The highest BCUT2D eigenvalue weighted by Crippen LogP contribution is 2.17. The Morgan fingerprint density at radius 2 is 1.73 bits per heavy atom. The Balaban J connectivity index is 2.01. The van der Waals surface area contributed by atoms with E-state index in [1.807, 2.05) is 0 Å². The van der Waals surface area contributed by atoms with Gasteiger partial charge in [0.05, 0.1) is 4.90 Å². The van der Waals surface area contributed by atoms with Gasteiger partial charge >= 0.3 is 0 Å². The van der Waals surface area contributed by atoms with Crippen LogP contribution in [0.4, 0.5) is 0 Å². The topological polar surface area (TPSA) is 66.5 Å². The average molecular weight is 324 g/mol. The molecule has 0 spiro atoms. The van der Waals surface area contributed by atoms with Crippen molar-refractivity contribution in [3.8, 4) is 0 Å². The highest BCUT2D eigenvalue weighted by Gasteiger charge is 2.25. The number of carbonyl (C=O) groups excluding carboxylic acids is 1. The minimum Gasteiger partial charge on any atom is -0.301 e. The van der Waals surface area contributed by atoms with Gasteiger partial charge in [-0.1, -0.05) is 12.1 Å². The highest BCUT2D eigenvalue weighted by molar-refractivity contribution is 7.89. The molecule has 0 aliphatic carbocycles. The molecule has 5 nitrogen and oxygen atoms in total. The van der Waals surface area contributed by atoms with Gasteiger partial charge in [0, 0.05) is 17.6 Å². The van der Waals surface area contributed by atoms with Crippen molar-refractivity contribution in [2.45, 2.75) is 50.6 Å². The molecule has 1 aliphatic rings. The van der Waals surface area contributed by atoms with E-state index in [4.69, 9.17) is 0 Å². The number of piperidine rings is 1. The summed E-state index contributed by atoms with van der Waals surface area (Å²) in [5.41, 5.74) is 0.518. The molecule has 1 aromatic carbocycles. The van der Waals surface area contributed by atoms with E-state index in [2.05, 4.69) is 23.5 Å². The summed E-state index contributed by atoms with van der Waals surface area (Å²) in [6.45, 7) is 7.59. The Hall–Kier alpha value is -1.24. The third kappa shape index (κ3) is 4.15. The first kappa shape index (κ1) is 17.1. The molecule has 0 saturated carbocycles. The predicted molar refractivity (Wildman–Crippen MR) is 86.5 cm³/mol. The number of benzene rings is 1. The number of carbonyl (C=O) groups is 1. The molecule has 0 unspecified atom stereocenters. The van der Waals surface area contributed by atoms with Gasteiger partial charge in [0.1, 0.15) is 0 Å². The van der Waals surface area contributed by atoms with E-state index in [1.54, 1.807) is 12.1 Å². The fourth-order valence-corrected chi connectivity index (χ4v) is 3.99. The molecule has 1 aromatic rings. The van der Waals surface area contributed by atoms with E-state index in [0.29, 0.717) is 11.6 Å². The first-order valence-electron chi connectivity index (χ1n) is 7.67. The molecule has 0 amide bonds. The summed E-state index contributed by atoms with van der Waals surface area (Å²) >= 11 is 0. The molecular formula is C16H24N2O3S. The maximum absolute atomic E-state index is 12.4. The number of ketones is 1. The summed E-state index contributed by atoms with van der Waals surface area (Å²) in [6.07, 6.45) is 1.64. The Morgan fingerprint density at radius 3 is 2.18 bits per heavy atom. The van der Waals surface area contributed by atoms with Gasteiger partial charge in [-0.25, -0.2) is 13.1 Å². The van der Waals surface area contributed by atoms with Gasteiger partial charge in [-0.3, -0.25) is 4.79 Å². The summed E-state index contributed by atoms with van der Waals surface area (Å²) in [7, 11) is -3.52. The van der Waals surface area contributed by atoms with Gasteiger partial charge in [0.2, 0.25) is 10.0 Å². The molecule has 0 radical (unpaired) electrons. The molecule has 6 heteroatoms. The van der Waals surface area contributed by atoms with E-state index >= 15 is 0 Å². The van der Waals surface area contributed by atoms with Gasteiger partial charge in [-0.05, 0) is 58.8 Å². The van der Waals surface area contributed by atoms with Gasteiger partial charge in [-0.15, -0.1) is 0 Å². The van der Waals surface area contributed by atoms with Crippen molar-refractivity contribution in [1.82, 2.24) is 9.62 Å². The summed E-state index contributed by atoms with van der Waals surface area (Å²) < 4.78 is 27.6. The van der Waals surface area contributed by atoms with Crippen LogP contribution >= 0.6 is 0 Å². The second kappa shape index (κ2) is 6.89. The largest absolute Gasteiger partial charge is 0.301 e. The molecule has 22 heavy (non-hydrogen) atoms. The lowest BCUT2D eigenvalue weighted by molar-refractivity contribution is 0.101. The Labute approximate surface area is 132 Å². The minimum absolute atomic E-state index is 0.0208. The molecule has 1 aliphatic heterocycles. The number of hydrogen-bond acceptors (Lipinski definition) is 4. The Kier molecular flexibility index (Phi) is 5.36. The van der Waals surface area contributed by atoms with E-state index in [9.17, 15) is 13.2 Å². The lowest BCUT2D eigenvalue weighted by atomic mass is 10.1. The van der Waals surface area contributed by atoms with Crippen molar-refractivity contribution in [2.24, 2.45) is 0 Å². The highest BCUT2D eigenvalue weighted by atomic mass is 32.2. The Morgan fingerprint density at radius 1 is 1.18 bits per heavy atom. The van der Waals surface area contributed by atoms with Gasteiger partial charge in [0.15, 0.2) is 5.78 Å². The van der Waals surface area contributed by atoms with E-state index in [-0.39, 0.29) is 16.7 Å². The average Bonchev–Trinajstić information content (AvgIpc) is 2.47. The van der Waals surface area contributed by atoms with Crippen LogP contribution in [0.3, 0.4) is 0 Å². The lowest BCUT2D eigenvalue weighted by Crippen LogP contribution is -2.46. The zero-order valence-electron chi connectivity index (χ0n) is 13.4. The van der Waals surface area contributed by atoms with Crippen LogP contribution in [0.25, 0.3) is 0 Å². The molecule has 0 atom stereocenters. The van der Waals surface area contributed by atoms with E-state index in [0.717, 1.165) is 25.9 Å². The monoisotopic (exact) mass is 324 g/mol. The second-order valence-corrected chi connectivity index (χ2v) is 7.82. The third-order valence-corrected chi connectivity index (χ3v) is 5.69. The first-order valence-corrected chi connectivity index (χ1v) is 9.15. The molecule has 0 bridgehead atoms. The van der Waals surface area contributed by atoms with E-state index < -0.39 is 10.0 Å². The van der Waals surface area contributed by atoms with Crippen molar-refractivity contribution in [1.29, 1.82) is 0 Å². The number of nitrogens with zero attached hydrogens (tertiary/aromatic N) is 1. The van der Waals surface area contributed by atoms with Crippen LogP contribution in [0.5, 0.6) is 0 Å². The SMILES string of the molecule is CC(=O)c1ccc(S(=O)(=O)NC2CCN(C(C)C)CC2)cc1. The molecule has 122 valence electrons. The molecule has 0 aromatic heterocycles. The number of hydrogen-bond donors (Lipinski definition) is 1. The van der Waals surface area contributed by atoms with Crippen molar-refractivity contribution in [3.05, 3.63) is 29.8 Å². The number of likely N-dealkylation sites (tertiary alicyclic amines) is 1. The Bertz CT molecular complexity index is 615. The van der Waals surface area contributed by atoms with Crippen LogP contribution in [0.1, 0.15) is 44.0 Å². The van der Waals surface area contributed by atoms with Gasteiger partial charge < -0.3 is 4.90 Å². The standard InChI is InChI=1S/C16H24N2O3S/c1-12(2)18-10-8-15(9-11-18)17-22(20,21)16-6-4-14(5-7-16)13(3)19/h4-7,12,15,17H,8-11H2,1-3H3. The zero-order valence-corrected chi connectivity index (χ0v) is 14.2. The normalized spacial score (nSPS) is 17.8. The number of Topliss-reactive ketones (excluding diaryl/α,β-unsaturated/α-hetero) is 1. The number of sulfonamides is 1. The summed E-state index contributed by atoms with van der Waals surface area (Å²) in [4.78, 5) is 13.8. The van der Waals surface area contributed by atoms with Crippen LogP contribution in [0.15, 0.2) is 29.2 Å². The number of rotatable bonds is 5. The zero-order chi connectivity index (χ0) is 16.3. The molecule has 1 saturated heterocycles. The minimum atomic E-state index is -3.52. The van der Waals surface area contributed by atoms with Crippen molar-refractivity contribution >= 4 is 15.8 Å². The molecular weight excluding hydrogens is 300 g/mol. The smallest absolute Gasteiger partial charge is 0.240 e.